The molecular weight excluding hydrogens is 192 g/mol. The molecular formula is C11H14N2O2. The molecule has 0 aliphatic rings. The number of para-hydroxylation sites is 1. The lowest BCUT2D eigenvalue weighted by molar-refractivity contribution is 0.201. The average molecular weight is 206 g/mol. The van der Waals surface area contributed by atoms with Gasteiger partial charge in [-0.3, -0.25) is 0 Å². The van der Waals surface area contributed by atoms with E-state index in [9.17, 15) is 4.79 Å². The van der Waals surface area contributed by atoms with E-state index in [1.807, 2.05) is 19.9 Å². The van der Waals surface area contributed by atoms with E-state index in [2.05, 4.69) is 10.5 Å². The van der Waals surface area contributed by atoms with E-state index in [0.717, 1.165) is 0 Å². The molecule has 0 saturated carbocycles. The fraction of sp³-hybridized carbons (Fsp3) is 0.273. The standard InChI is InChI=1S/C11H14N2O2/c1-9(2)8-12-13-11(14)15-10-6-4-3-5-7-10/h3-9H,1-2H3,(H,13,14)/b12-8+. The summed E-state index contributed by atoms with van der Waals surface area (Å²) < 4.78 is 4.93. The van der Waals surface area contributed by atoms with Gasteiger partial charge in [-0.15, -0.1) is 0 Å². The number of rotatable bonds is 3. The molecule has 1 N–H and O–H groups in total. The van der Waals surface area contributed by atoms with Gasteiger partial charge in [0.15, 0.2) is 0 Å². The van der Waals surface area contributed by atoms with Crippen molar-refractivity contribution in [1.29, 1.82) is 0 Å². The van der Waals surface area contributed by atoms with Gasteiger partial charge >= 0.3 is 6.09 Å². The van der Waals surface area contributed by atoms with Crippen LogP contribution in [0.1, 0.15) is 13.8 Å². The molecule has 1 amide bonds. The molecule has 0 radical (unpaired) electrons. The fourth-order valence-corrected chi connectivity index (χ4v) is 0.857. The SMILES string of the molecule is CC(C)/C=N/NC(=O)Oc1ccccc1. The summed E-state index contributed by atoms with van der Waals surface area (Å²) in [5.41, 5.74) is 2.27. The number of hydrogen-bond donors (Lipinski definition) is 1. The zero-order valence-corrected chi connectivity index (χ0v) is 8.81. The van der Waals surface area contributed by atoms with Crippen LogP contribution in [0.5, 0.6) is 5.75 Å². The topological polar surface area (TPSA) is 50.7 Å². The number of hydrazone groups is 1. The van der Waals surface area contributed by atoms with Gasteiger partial charge in [-0.2, -0.15) is 5.10 Å². The number of nitrogens with one attached hydrogen (secondary N) is 1. The zero-order valence-electron chi connectivity index (χ0n) is 8.81. The third-order valence-electron chi connectivity index (χ3n) is 1.48. The van der Waals surface area contributed by atoms with E-state index in [1.165, 1.54) is 0 Å². The molecule has 0 unspecified atom stereocenters. The van der Waals surface area contributed by atoms with Crippen molar-refractivity contribution in [3.8, 4) is 5.75 Å². The second-order valence-corrected chi connectivity index (χ2v) is 3.34. The van der Waals surface area contributed by atoms with Crippen molar-refractivity contribution in [1.82, 2.24) is 5.43 Å². The number of benzene rings is 1. The molecule has 0 aromatic heterocycles. The van der Waals surface area contributed by atoms with E-state index >= 15 is 0 Å². The van der Waals surface area contributed by atoms with E-state index in [1.54, 1.807) is 30.5 Å². The highest BCUT2D eigenvalue weighted by atomic mass is 16.6. The monoisotopic (exact) mass is 206 g/mol. The first-order chi connectivity index (χ1) is 7.18. The first-order valence-corrected chi connectivity index (χ1v) is 4.74. The lowest BCUT2D eigenvalue weighted by Gasteiger charge is -2.02. The van der Waals surface area contributed by atoms with Gasteiger partial charge in [0.05, 0.1) is 0 Å². The van der Waals surface area contributed by atoms with Crippen molar-refractivity contribution < 1.29 is 9.53 Å². The number of ether oxygens (including phenoxy) is 1. The van der Waals surface area contributed by atoms with Gasteiger partial charge in [0.25, 0.3) is 0 Å². The summed E-state index contributed by atoms with van der Waals surface area (Å²) in [6.45, 7) is 3.93. The largest absolute Gasteiger partial charge is 0.433 e. The van der Waals surface area contributed by atoms with E-state index < -0.39 is 6.09 Å². The number of amides is 1. The van der Waals surface area contributed by atoms with Crippen molar-refractivity contribution in [2.24, 2.45) is 11.0 Å². The predicted octanol–water partition coefficient (Wildman–Crippen LogP) is 2.42. The molecule has 0 saturated heterocycles. The molecule has 4 heteroatoms. The van der Waals surface area contributed by atoms with E-state index in [-0.39, 0.29) is 0 Å². The Hall–Kier alpha value is -1.84. The molecule has 0 heterocycles. The maximum Gasteiger partial charge on any atom is 0.433 e. The van der Waals surface area contributed by atoms with Gasteiger partial charge in [0.2, 0.25) is 0 Å². The first kappa shape index (κ1) is 11.2. The fourth-order valence-electron chi connectivity index (χ4n) is 0.857. The molecule has 0 aliphatic carbocycles. The van der Waals surface area contributed by atoms with Crippen LogP contribution >= 0.6 is 0 Å². The Morgan fingerprint density at radius 1 is 1.40 bits per heavy atom. The van der Waals surface area contributed by atoms with Crippen molar-refractivity contribution in [2.45, 2.75) is 13.8 Å². The van der Waals surface area contributed by atoms with E-state index in [4.69, 9.17) is 4.74 Å². The van der Waals surface area contributed by atoms with Gasteiger partial charge in [-0.25, -0.2) is 10.2 Å². The van der Waals surface area contributed by atoms with Crippen molar-refractivity contribution >= 4 is 12.3 Å². The van der Waals surface area contributed by atoms with Gasteiger partial charge in [0, 0.05) is 6.21 Å². The maximum absolute atomic E-state index is 11.1. The average Bonchev–Trinajstić information content (AvgIpc) is 2.18. The molecule has 1 aromatic carbocycles. The summed E-state index contributed by atoms with van der Waals surface area (Å²) in [5, 5.41) is 3.72. The number of carbonyl (C=O) groups excluding carboxylic acids is 1. The van der Waals surface area contributed by atoms with Gasteiger partial charge in [0.1, 0.15) is 5.75 Å². The Bertz CT molecular complexity index is 334. The van der Waals surface area contributed by atoms with Gasteiger partial charge in [-0.1, -0.05) is 32.0 Å². The van der Waals surface area contributed by atoms with Crippen molar-refractivity contribution in [2.75, 3.05) is 0 Å². The van der Waals surface area contributed by atoms with E-state index in [0.29, 0.717) is 11.7 Å². The van der Waals surface area contributed by atoms with Crippen LogP contribution in [-0.2, 0) is 0 Å². The Morgan fingerprint density at radius 3 is 2.67 bits per heavy atom. The molecule has 0 bridgehead atoms. The molecule has 4 nitrogen and oxygen atoms in total. The normalized spacial score (nSPS) is 10.6. The summed E-state index contributed by atoms with van der Waals surface area (Å²) in [4.78, 5) is 11.1. The smallest absolute Gasteiger partial charge is 0.409 e. The summed E-state index contributed by atoms with van der Waals surface area (Å²) in [7, 11) is 0. The molecule has 80 valence electrons. The highest BCUT2D eigenvalue weighted by molar-refractivity contribution is 5.71. The summed E-state index contributed by atoms with van der Waals surface area (Å²) in [6.07, 6.45) is 1.05. The number of carbonyl (C=O) groups is 1. The lowest BCUT2D eigenvalue weighted by atomic mass is 10.3. The molecule has 0 aliphatic heterocycles. The molecule has 1 aromatic rings. The third-order valence-corrected chi connectivity index (χ3v) is 1.48. The van der Waals surface area contributed by atoms with Gasteiger partial charge in [-0.05, 0) is 18.1 Å². The second kappa shape index (κ2) is 5.80. The first-order valence-electron chi connectivity index (χ1n) is 4.74. The van der Waals surface area contributed by atoms with Crippen LogP contribution in [0.2, 0.25) is 0 Å². The summed E-state index contributed by atoms with van der Waals surface area (Å²) in [5.74, 6) is 0.789. The lowest BCUT2D eigenvalue weighted by Crippen LogP contribution is -2.22. The Kier molecular flexibility index (Phi) is 4.34. The van der Waals surface area contributed by atoms with Crippen LogP contribution in [0, 0.1) is 5.92 Å². The molecule has 0 spiro atoms. The summed E-state index contributed by atoms with van der Waals surface area (Å²) in [6, 6.07) is 8.83. The van der Waals surface area contributed by atoms with Crippen LogP contribution in [0.15, 0.2) is 35.4 Å². The van der Waals surface area contributed by atoms with Crippen molar-refractivity contribution in [3.63, 3.8) is 0 Å². The van der Waals surface area contributed by atoms with Crippen LogP contribution in [0.4, 0.5) is 4.79 Å². The van der Waals surface area contributed by atoms with Crippen LogP contribution in [-0.4, -0.2) is 12.3 Å². The van der Waals surface area contributed by atoms with Crippen LogP contribution in [0.3, 0.4) is 0 Å². The Labute approximate surface area is 88.9 Å². The Morgan fingerprint density at radius 2 is 2.07 bits per heavy atom. The highest BCUT2D eigenvalue weighted by Crippen LogP contribution is 2.07. The molecule has 15 heavy (non-hydrogen) atoms. The quantitative estimate of drug-likeness (QED) is 0.610. The minimum atomic E-state index is -0.585. The minimum Gasteiger partial charge on any atom is -0.409 e. The number of nitrogens with zero attached hydrogens (tertiary/aromatic N) is 1. The second-order valence-electron chi connectivity index (χ2n) is 3.34. The Balaban J connectivity index is 2.37. The summed E-state index contributed by atoms with van der Waals surface area (Å²) >= 11 is 0. The molecule has 0 fully saturated rings. The minimum absolute atomic E-state index is 0.294. The van der Waals surface area contributed by atoms with Crippen molar-refractivity contribution in [3.05, 3.63) is 30.3 Å². The van der Waals surface area contributed by atoms with Gasteiger partial charge < -0.3 is 4.74 Å². The maximum atomic E-state index is 11.1. The third kappa shape index (κ3) is 4.81. The predicted molar refractivity (Wildman–Crippen MR) is 58.9 cm³/mol. The number of hydrogen-bond acceptors (Lipinski definition) is 3. The van der Waals surface area contributed by atoms with Crippen LogP contribution < -0.4 is 10.2 Å². The molecule has 0 atom stereocenters. The molecule has 1 rings (SSSR count). The highest BCUT2D eigenvalue weighted by Gasteiger charge is 2.00. The zero-order chi connectivity index (χ0) is 11.1. The van der Waals surface area contributed by atoms with Crippen LogP contribution in [0.25, 0.3) is 0 Å².